The molecule has 1 aromatic heterocycles. The Balaban J connectivity index is 2.36. The fraction of sp³-hybridized carbons (Fsp3) is 0.312. The zero-order valence-electron chi connectivity index (χ0n) is 12.2. The molecule has 1 unspecified atom stereocenters. The van der Waals surface area contributed by atoms with Crippen LogP contribution in [0.15, 0.2) is 35.7 Å². The first-order valence-electron chi connectivity index (χ1n) is 6.70. The van der Waals surface area contributed by atoms with Crippen molar-refractivity contribution in [2.75, 3.05) is 12.4 Å². The van der Waals surface area contributed by atoms with Crippen molar-refractivity contribution in [2.45, 2.75) is 19.9 Å². The fourth-order valence-corrected chi connectivity index (χ4v) is 3.25. The fourth-order valence-electron chi connectivity index (χ4n) is 2.13. The second-order valence-corrected chi connectivity index (χ2v) is 6.48. The molecule has 0 saturated carbocycles. The van der Waals surface area contributed by atoms with E-state index in [-0.39, 0.29) is 12.0 Å². The number of thiophene rings is 1. The van der Waals surface area contributed by atoms with E-state index in [2.05, 4.69) is 25.2 Å². The Hall–Kier alpha value is -1.52. The average molecular weight is 324 g/mol. The molecule has 0 bridgehead atoms. The Morgan fingerprint density at radius 1 is 1.33 bits per heavy atom. The van der Waals surface area contributed by atoms with E-state index in [1.165, 1.54) is 12.0 Å². The third-order valence-electron chi connectivity index (χ3n) is 3.21. The second-order valence-electron chi connectivity index (χ2n) is 5.06. The van der Waals surface area contributed by atoms with Gasteiger partial charge in [-0.25, -0.2) is 4.79 Å². The first kappa shape index (κ1) is 15.9. The van der Waals surface area contributed by atoms with Gasteiger partial charge in [0.1, 0.15) is 0 Å². The highest BCUT2D eigenvalue weighted by Gasteiger charge is 2.20. The molecule has 1 atom stereocenters. The number of hydrogen-bond acceptors (Lipinski definition) is 4. The predicted octanol–water partition coefficient (Wildman–Crippen LogP) is 5.00. The summed E-state index contributed by atoms with van der Waals surface area (Å²) in [6, 6.07) is 9.36. The van der Waals surface area contributed by atoms with Crippen molar-refractivity contribution in [3.8, 4) is 0 Å². The summed E-state index contributed by atoms with van der Waals surface area (Å²) >= 11 is 7.75. The SMILES string of the molecule is COC(=O)c1ccc(Cl)cc1NC(c1cccs1)C(C)C. The lowest BCUT2D eigenvalue weighted by Gasteiger charge is -2.24. The number of nitrogens with one attached hydrogen (secondary N) is 1. The number of hydrogen-bond donors (Lipinski definition) is 1. The maximum atomic E-state index is 11.9. The van der Waals surface area contributed by atoms with Crippen molar-refractivity contribution in [3.63, 3.8) is 0 Å². The van der Waals surface area contributed by atoms with Gasteiger partial charge in [0.15, 0.2) is 0 Å². The molecular weight excluding hydrogens is 306 g/mol. The van der Waals surface area contributed by atoms with E-state index >= 15 is 0 Å². The van der Waals surface area contributed by atoms with Gasteiger partial charge in [0.05, 0.1) is 24.4 Å². The molecule has 0 aliphatic carbocycles. The van der Waals surface area contributed by atoms with E-state index in [0.717, 1.165) is 0 Å². The minimum Gasteiger partial charge on any atom is -0.465 e. The zero-order chi connectivity index (χ0) is 15.4. The average Bonchev–Trinajstić information content (AvgIpc) is 2.97. The molecule has 0 saturated heterocycles. The van der Waals surface area contributed by atoms with Gasteiger partial charge in [-0.3, -0.25) is 0 Å². The third kappa shape index (κ3) is 3.77. The van der Waals surface area contributed by atoms with Crippen LogP contribution in [0.3, 0.4) is 0 Å². The molecule has 0 aliphatic heterocycles. The number of ether oxygens (including phenoxy) is 1. The highest BCUT2D eigenvalue weighted by molar-refractivity contribution is 7.10. The van der Waals surface area contributed by atoms with E-state index in [4.69, 9.17) is 16.3 Å². The number of carbonyl (C=O) groups is 1. The molecule has 2 rings (SSSR count). The minimum atomic E-state index is -0.372. The van der Waals surface area contributed by atoms with E-state index in [9.17, 15) is 4.79 Å². The molecule has 3 nitrogen and oxygen atoms in total. The molecule has 1 heterocycles. The highest BCUT2D eigenvalue weighted by Crippen LogP contribution is 2.32. The van der Waals surface area contributed by atoms with Crippen LogP contribution in [0.4, 0.5) is 5.69 Å². The Labute approximate surface area is 133 Å². The van der Waals surface area contributed by atoms with Crippen LogP contribution in [0.5, 0.6) is 0 Å². The van der Waals surface area contributed by atoms with Gasteiger partial charge in [0.2, 0.25) is 0 Å². The van der Waals surface area contributed by atoms with Crippen molar-refractivity contribution in [1.29, 1.82) is 0 Å². The lowest BCUT2D eigenvalue weighted by Crippen LogP contribution is -2.18. The summed E-state index contributed by atoms with van der Waals surface area (Å²) < 4.78 is 4.83. The molecule has 0 spiro atoms. The van der Waals surface area contributed by atoms with Crippen LogP contribution in [-0.2, 0) is 4.74 Å². The van der Waals surface area contributed by atoms with Gasteiger partial charge >= 0.3 is 5.97 Å². The van der Waals surface area contributed by atoms with E-state index in [1.54, 1.807) is 29.5 Å². The molecule has 5 heteroatoms. The predicted molar refractivity (Wildman–Crippen MR) is 88.3 cm³/mol. The quantitative estimate of drug-likeness (QED) is 0.787. The van der Waals surface area contributed by atoms with Crippen LogP contribution in [0, 0.1) is 5.92 Å². The Bertz CT molecular complexity index is 611. The lowest BCUT2D eigenvalue weighted by atomic mass is 10.0. The molecular formula is C16H18ClNO2S. The van der Waals surface area contributed by atoms with Crippen molar-refractivity contribution in [2.24, 2.45) is 5.92 Å². The number of halogens is 1. The Morgan fingerprint density at radius 3 is 2.67 bits per heavy atom. The summed E-state index contributed by atoms with van der Waals surface area (Å²) in [5.74, 6) is -0.00372. The lowest BCUT2D eigenvalue weighted by molar-refractivity contribution is 0.0601. The van der Waals surface area contributed by atoms with E-state index in [1.807, 2.05) is 11.4 Å². The highest BCUT2D eigenvalue weighted by atomic mass is 35.5. The minimum absolute atomic E-state index is 0.117. The monoisotopic (exact) mass is 323 g/mol. The molecule has 0 fully saturated rings. The van der Waals surface area contributed by atoms with Crippen LogP contribution in [-0.4, -0.2) is 13.1 Å². The van der Waals surface area contributed by atoms with Gasteiger partial charge in [0, 0.05) is 9.90 Å². The topological polar surface area (TPSA) is 38.3 Å². The number of anilines is 1. The van der Waals surface area contributed by atoms with Crippen LogP contribution in [0.25, 0.3) is 0 Å². The molecule has 0 radical (unpaired) electrons. The van der Waals surface area contributed by atoms with E-state index in [0.29, 0.717) is 22.2 Å². The molecule has 112 valence electrons. The molecule has 2 aromatic rings. The van der Waals surface area contributed by atoms with Crippen LogP contribution < -0.4 is 5.32 Å². The van der Waals surface area contributed by atoms with Crippen LogP contribution in [0.2, 0.25) is 5.02 Å². The second kappa shape index (κ2) is 6.96. The maximum Gasteiger partial charge on any atom is 0.339 e. The molecule has 0 amide bonds. The number of methoxy groups -OCH3 is 1. The number of esters is 1. The summed E-state index contributed by atoms with van der Waals surface area (Å²) in [5, 5.41) is 6.06. The molecule has 0 aliphatic rings. The Morgan fingerprint density at radius 2 is 2.10 bits per heavy atom. The number of rotatable bonds is 5. The zero-order valence-corrected chi connectivity index (χ0v) is 13.8. The third-order valence-corrected chi connectivity index (χ3v) is 4.40. The number of benzene rings is 1. The summed E-state index contributed by atoms with van der Waals surface area (Å²) in [6.07, 6.45) is 0. The summed E-state index contributed by atoms with van der Waals surface area (Å²) in [7, 11) is 1.37. The van der Waals surface area contributed by atoms with Crippen molar-refractivity contribution < 1.29 is 9.53 Å². The van der Waals surface area contributed by atoms with E-state index < -0.39 is 0 Å². The molecule has 1 aromatic carbocycles. The van der Waals surface area contributed by atoms with Crippen molar-refractivity contribution >= 4 is 34.6 Å². The summed E-state index contributed by atoms with van der Waals surface area (Å²) in [4.78, 5) is 13.1. The molecule has 21 heavy (non-hydrogen) atoms. The first-order chi connectivity index (χ1) is 10.0. The standard InChI is InChI=1S/C16H18ClNO2S/c1-10(2)15(14-5-4-8-21-14)18-13-9-11(17)6-7-12(13)16(19)20-3/h4-10,15,18H,1-3H3. The number of carbonyl (C=O) groups excluding carboxylic acids is 1. The summed E-state index contributed by atoms with van der Waals surface area (Å²) in [6.45, 7) is 4.28. The van der Waals surface area contributed by atoms with Gasteiger partial charge in [-0.05, 0) is 35.6 Å². The van der Waals surface area contributed by atoms with Gasteiger partial charge in [-0.2, -0.15) is 0 Å². The normalized spacial score (nSPS) is 12.2. The maximum absolute atomic E-state index is 11.9. The van der Waals surface area contributed by atoms with Gasteiger partial charge in [-0.15, -0.1) is 11.3 Å². The van der Waals surface area contributed by atoms with Gasteiger partial charge in [-0.1, -0.05) is 31.5 Å². The van der Waals surface area contributed by atoms with Crippen LogP contribution in [0.1, 0.15) is 35.1 Å². The smallest absolute Gasteiger partial charge is 0.339 e. The first-order valence-corrected chi connectivity index (χ1v) is 7.96. The van der Waals surface area contributed by atoms with Crippen molar-refractivity contribution in [1.82, 2.24) is 0 Å². The summed E-state index contributed by atoms with van der Waals surface area (Å²) in [5.41, 5.74) is 1.19. The van der Waals surface area contributed by atoms with Gasteiger partial charge in [0.25, 0.3) is 0 Å². The molecule has 1 N–H and O–H groups in total. The largest absolute Gasteiger partial charge is 0.465 e. The van der Waals surface area contributed by atoms with Gasteiger partial charge < -0.3 is 10.1 Å². The van der Waals surface area contributed by atoms with Crippen molar-refractivity contribution in [3.05, 3.63) is 51.2 Å². The Kier molecular flexibility index (Phi) is 5.26. The van der Waals surface area contributed by atoms with Crippen LogP contribution >= 0.6 is 22.9 Å².